The van der Waals surface area contributed by atoms with Crippen LogP contribution in [0.25, 0.3) is 0 Å². The largest absolute Gasteiger partial charge is 1.00 e. The average molecular weight is 431 g/mol. The van der Waals surface area contributed by atoms with Crippen LogP contribution in [0.2, 0.25) is 0 Å². The van der Waals surface area contributed by atoms with Crippen molar-refractivity contribution in [2.75, 3.05) is 0 Å². The second-order valence-electron chi connectivity index (χ2n) is 7.81. The van der Waals surface area contributed by atoms with Gasteiger partial charge in [-0.15, -0.1) is 0 Å². The first-order valence-electron chi connectivity index (χ1n) is 11.0. The van der Waals surface area contributed by atoms with Gasteiger partial charge in [0, 0.05) is 5.25 Å². The fourth-order valence-corrected chi connectivity index (χ4v) is 4.50. The fraction of sp³-hybridized carbons (Fsp3) is 1.00. The van der Waals surface area contributed by atoms with Crippen LogP contribution in [0.4, 0.5) is 0 Å². The molecule has 0 heterocycles. The van der Waals surface area contributed by atoms with Gasteiger partial charge < -0.3 is 9.66 Å². The maximum absolute atomic E-state index is 11.1. The van der Waals surface area contributed by atoms with Crippen LogP contribution in [0.3, 0.4) is 0 Å². The van der Waals surface area contributed by atoms with E-state index in [1.54, 1.807) is 0 Å². The third kappa shape index (κ3) is 20.6. The van der Waals surface area contributed by atoms with E-state index in [4.69, 9.17) is 0 Å². The van der Waals surface area contributed by atoms with Crippen LogP contribution in [0.1, 0.15) is 123 Å². The van der Waals surface area contributed by atoms with Gasteiger partial charge >= 0.3 is 51.4 Å². The molecule has 2 atom stereocenters. The van der Waals surface area contributed by atoms with Gasteiger partial charge in [-0.25, -0.2) is 8.42 Å². The Hall–Kier alpha value is 1.51. The molecule has 158 valence electrons. The van der Waals surface area contributed by atoms with Crippen LogP contribution in [-0.4, -0.2) is 29.4 Å². The van der Waals surface area contributed by atoms with Crippen molar-refractivity contribution in [3.8, 4) is 0 Å². The molecule has 0 aromatic rings. The minimum atomic E-state index is -4.12. The predicted octanol–water partition coefficient (Wildman–Crippen LogP) is 2.94. The Morgan fingerprint density at radius 1 is 0.667 bits per heavy atom. The Labute approximate surface area is 211 Å². The number of hydrogen-bond donors (Lipinski definition) is 1. The zero-order chi connectivity index (χ0) is 19.7. The third-order valence-electron chi connectivity index (χ3n) is 5.22. The fourth-order valence-electron chi connectivity index (χ4n) is 3.52. The number of unbranched alkanes of at least 4 members (excludes halogenated alkanes) is 10. The van der Waals surface area contributed by atoms with Crippen LogP contribution < -0.4 is 51.4 Å². The maximum Gasteiger partial charge on any atom is 1.00 e. The molecule has 0 spiro atoms. The first-order chi connectivity index (χ1) is 12.4. The van der Waals surface area contributed by atoms with E-state index < -0.39 is 15.4 Å². The van der Waals surface area contributed by atoms with Crippen molar-refractivity contribution in [3.63, 3.8) is 0 Å². The Kier molecular flexibility index (Phi) is 23.6. The van der Waals surface area contributed by atoms with Crippen molar-refractivity contribution in [1.29, 1.82) is 0 Å². The Balaban J connectivity index is 0. The molecule has 0 radical (unpaired) electrons. The first kappa shape index (κ1) is 30.7. The molecule has 0 amide bonds. The molecule has 0 aromatic heterocycles. The number of aliphatic hydroxyl groups excluding tert-OH is 1. The van der Waals surface area contributed by atoms with E-state index in [0.29, 0.717) is 12.8 Å². The molecule has 0 saturated carbocycles. The predicted molar refractivity (Wildman–Crippen MR) is 109 cm³/mol. The quantitative estimate of drug-likeness (QED) is 0.194. The molecule has 0 aliphatic rings. The van der Waals surface area contributed by atoms with E-state index in [1.165, 1.54) is 44.9 Å². The number of hydrogen-bond acceptors (Lipinski definition) is 4. The second-order valence-corrected chi connectivity index (χ2v) is 9.46. The summed E-state index contributed by atoms with van der Waals surface area (Å²) in [4.78, 5) is 0. The van der Waals surface area contributed by atoms with Gasteiger partial charge in [-0.3, -0.25) is 0 Å². The van der Waals surface area contributed by atoms with Crippen LogP contribution in [0.15, 0.2) is 0 Å². The normalized spacial score (nSPS) is 13.9. The molecule has 27 heavy (non-hydrogen) atoms. The Morgan fingerprint density at radius 3 is 1.48 bits per heavy atom. The molecule has 0 aliphatic heterocycles. The van der Waals surface area contributed by atoms with E-state index in [1.807, 2.05) is 6.92 Å². The molecule has 4 nitrogen and oxygen atoms in total. The standard InChI is InChI=1S/C21H44O4S.K/c1-3-5-6-13-17-20(22)18-14-11-9-7-8-10-12-15-19-21(16-4-2)26(23,24)25;/h20-22H,3-19H2,1-2H3,(H,23,24,25);/q;+1/p-1. The topological polar surface area (TPSA) is 77.4 Å². The van der Waals surface area contributed by atoms with E-state index in [-0.39, 0.29) is 57.5 Å². The van der Waals surface area contributed by atoms with Crippen molar-refractivity contribution < 1.29 is 69.5 Å². The van der Waals surface area contributed by atoms with Gasteiger partial charge in [-0.2, -0.15) is 0 Å². The van der Waals surface area contributed by atoms with Crippen molar-refractivity contribution >= 4 is 10.1 Å². The molecule has 2 unspecified atom stereocenters. The second kappa shape index (κ2) is 20.8. The van der Waals surface area contributed by atoms with E-state index in [2.05, 4.69) is 6.92 Å². The van der Waals surface area contributed by atoms with Gasteiger partial charge in [-0.05, 0) is 25.7 Å². The van der Waals surface area contributed by atoms with Crippen molar-refractivity contribution in [1.82, 2.24) is 0 Å². The molecule has 1 N–H and O–H groups in total. The zero-order valence-corrected chi connectivity index (χ0v) is 22.2. The Bertz CT molecular complexity index is 401. The van der Waals surface area contributed by atoms with Crippen molar-refractivity contribution in [3.05, 3.63) is 0 Å². The van der Waals surface area contributed by atoms with Crippen molar-refractivity contribution in [2.24, 2.45) is 0 Å². The van der Waals surface area contributed by atoms with Gasteiger partial charge in [0.05, 0.1) is 16.2 Å². The van der Waals surface area contributed by atoms with Crippen LogP contribution in [0.5, 0.6) is 0 Å². The molecular formula is C21H43KO4S. The van der Waals surface area contributed by atoms with E-state index in [9.17, 15) is 18.1 Å². The van der Waals surface area contributed by atoms with Gasteiger partial charge in [-0.1, -0.05) is 97.3 Å². The average Bonchev–Trinajstić information content (AvgIpc) is 2.58. The summed E-state index contributed by atoms with van der Waals surface area (Å²) in [5.41, 5.74) is 0. The third-order valence-corrected chi connectivity index (χ3v) is 6.51. The van der Waals surface area contributed by atoms with Crippen LogP contribution >= 0.6 is 0 Å². The molecule has 0 saturated heterocycles. The summed E-state index contributed by atoms with van der Waals surface area (Å²) in [6, 6.07) is 0. The van der Waals surface area contributed by atoms with Gasteiger partial charge in [0.2, 0.25) is 0 Å². The summed E-state index contributed by atoms with van der Waals surface area (Å²) in [6.45, 7) is 4.13. The van der Waals surface area contributed by atoms with Crippen LogP contribution in [-0.2, 0) is 10.1 Å². The number of rotatable bonds is 19. The van der Waals surface area contributed by atoms with Gasteiger partial charge in [0.25, 0.3) is 0 Å². The molecule has 0 aliphatic carbocycles. The molecule has 6 heteroatoms. The summed E-state index contributed by atoms with van der Waals surface area (Å²) < 4.78 is 33.4. The summed E-state index contributed by atoms with van der Waals surface area (Å²) in [5.74, 6) is 0. The summed E-state index contributed by atoms with van der Waals surface area (Å²) in [5, 5.41) is 9.24. The number of aliphatic hydroxyl groups is 1. The summed E-state index contributed by atoms with van der Waals surface area (Å²) in [6.07, 6.45) is 17.4. The van der Waals surface area contributed by atoms with Gasteiger partial charge in [0.1, 0.15) is 0 Å². The molecule has 0 aromatic carbocycles. The summed E-state index contributed by atoms with van der Waals surface area (Å²) in [7, 11) is -4.12. The van der Waals surface area contributed by atoms with Crippen molar-refractivity contribution in [2.45, 2.75) is 134 Å². The van der Waals surface area contributed by atoms with E-state index >= 15 is 0 Å². The minimum Gasteiger partial charge on any atom is -0.748 e. The first-order valence-corrected chi connectivity index (χ1v) is 12.5. The summed E-state index contributed by atoms with van der Waals surface area (Å²) >= 11 is 0. The molecule has 0 rings (SSSR count). The zero-order valence-electron chi connectivity index (χ0n) is 18.3. The van der Waals surface area contributed by atoms with Gasteiger partial charge in [0.15, 0.2) is 0 Å². The van der Waals surface area contributed by atoms with Crippen LogP contribution in [0, 0.1) is 0 Å². The molecular weight excluding hydrogens is 387 g/mol. The monoisotopic (exact) mass is 430 g/mol. The van der Waals surface area contributed by atoms with E-state index in [0.717, 1.165) is 51.4 Å². The smallest absolute Gasteiger partial charge is 0.748 e. The Morgan fingerprint density at radius 2 is 1.07 bits per heavy atom. The SMILES string of the molecule is CCCCCCC(O)CCCCCCCCCCC(CCC)S(=O)(=O)[O-].[K+]. The molecule has 0 fully saturated rings. The maximum atomic E-state index is 11.1. The minimum absolute atomic E-state index is 0. The molecule has 0 bridgehead atoms.